The van der Waals surface area contributed by atoms with Gasteiger partial charge >= 0.3 is 0 Å². The molecule has 0 heterocycles. The normalized spacial score (nSPS) is 12.0. The van der Waals surface area contributed by atoms with Crippen LogP contribution in [0, 0.1) is 0 Å². The first-order valence-electron chi connectivity index (χ1n) is 6.42. The average Bonchev–Trinajstić information content (AvgIpc) is 2.47. The number of hydrogen-bond donors (Lipinski definition) is 1. The zero-order chi connectivity index (χ0) is 14.5. The van der Waals surface area contributed by atoms with E-state index in [1.54, 1.807) is 7.11 Å². The van der Waals surface area contributed by atoms with Gasteiger partial charge in [-0.3, -0.25) is 0 Å². The Morgan fingerprint density at radius 1 is 1.00 bits per heavy atom. The van der Waals surface area contributed by atoms with Gasteiger partial charge in [0.2, 0.25) is 0 Å². The van der Waals surface area contributed by atoms with E-state index < -0.39 is 0 Å². The number of benzene rings is 2. The molecule has 0 fully saturated rings. The van der Waals surface area contributed by atoms with Crippen LogP contribution >= 0.6 is 15.9 Å². The van der Waals surface area contributed by atoms with E-state index >= 15 is 0 Å². The largest absolute Gasteiger partial charge is 0.497 e. The van der Waals surface area contributed by atoms with Gasteiger partial charge in [-0.05, 0) is 55.9 Å². The highest BCUT2D eigenvalue weighted by Gasteiger charge is 2.08. The third-order valence-electron chi connectivity index (χ3n) is 3.17. The first-order chi connectivity index (χ1) is 9.63. The molecule has 0 aliphatic rings. The highest BCUT2D eigenvalue weighted by atomic mass is 79.9. The first-order valence-corrected chi connectivity index (χ1v) is 7.22. The molecule has 4 heteroatoms. The standard InChI is InChI=1S/C16H18BrNO2/c1-11(18-2)15-9-8-14(10-16(15)17)20-13-6-4-12(19-3)5-7-13/h4-11,18H,1-3H3. The molecule has 1 atom stereocenters. The van der Waals surface area contributed by atoms with Crippen LogP contribution in [-0.2, 0) is 0 Å². The summed E-state index contributed by atoms with van der Waals surface area (Å²) in [5, 5.41) is 3.22. The van der Waals surface area contributed by atoms with Crippen LogP contribution in [0.15, 0.2) is 46.9 Å². The number of halogens is 1. The Morgan fingerprint density at radius 3 is 2.15 bits per heavy atom. The van der Waals surface area contributed by atoms with Crippen molar-refractivity contribution in [1.29, 1.82) is 0 Å². The Hall–Kier alpha value is -1.52. The van der Waals surface area contributed by atoms with Crippen LogP contribution in [0.25, 0.3) is 0 Å². The maximum absolute atomic E-state index is 5.82. The van der Waals surface area contributed by atoms with Crippen LogP contribution in [0.2, 0.25) is 0 Å². The molecule has 1 unspecified atom stereocenters. The summed E-state index contributed by atoms with van der Waals surface area (Å²) in [6.45, 7) is 2.12. The predicted octanol–water partition coefficient (Wildman–Crippen LogP) is 4.53. The van der Waals surface area contributed by atoms with Crippen molar-refractivity contribution in [2.24, 2.45) is 0 Å². The molecule has 106 valence electrons. The Kier molecular flexibility index (Phi) is 5.04. The summed E-state index contributed by atoms with van der Waals surface area (Å²) in [7, 11) is 3.59. The Morgan fingerprint density at radius 2 is 1.60 bits per heavy atom. The Labute approximate surface area is 128 Å². The van der Waals surface area contributed by atoms with Crippen molar-refractivity contribution in [3.05, 3.63) is 52.5 Å². The lowest BCUT2D eigenvalue weighted by Crippen LogP contribution is -2.12. The van der Waals surface area contributed by atoms with Gasteiger partial charge in [0, 0.05) is 10.5 Å². The van der Waals surface area contributed by atoms with E-state index in [4.69, 9.17) is 9.47 Å². The molecule has 0 aliphatic carbocycles. The van der Waals surface area contributed by atoms with Crippen molar-refractivity contribution in [3.63, 3.8) is 0 Å². The third kappa shape index (κ3) is 3.52. The summed E-state index contributed by atoms with van der Waals surface area (Å²) in [6.07, 6.45) is 0. The molecule has 0 amide bonds. The van der Waals surface area contributed by atoms with Gasteiger partial charge in [0.25, 0.3) is 0 Å². The lowest BCUT2D eigenvalue weighted by atomic mass is 10.1. The number of hydrogen-bond acceptors (Lipinski definition) is 3. The van der Waals surface area contributed by atoms with E-state index in [9.17, 15) is 0 Å². The van der Waals surface area contributed by atoms with Crippen LogP contribution in [0.1, 0.15) is 18.5 Å². The van der Waals surface area contributed by atoms with E-state index in [-0.39, 0.29) is 0 Å². The van der Waals surface area contributed by atoms with Crippen LogP contribution in [0.5, 0.6) is 17.2 Å². The predicted molar refractivity (Wildman–Crippen MR) is 84.7 cm³/mol. The van der Waals surface area contributed by atoms with Gasteiger partial charge in [0.05, 0.1) is 7.11 Å². The molecule has 2 aromatic rings. The molecule has 3 nitrogen and oxygen atoms in total. The molecule has 1 N–H and O–H groups in total. The smallest absolute Gasteiger partial charge is 0.128 e. The van der Waals surface area contributed by atoms with Crippen molar-refractivity contribution in [3.8, 4) is 17.2 Å². The summed E-state index contributed by atoms with van der Waals surface area (Å²) in [5.41, 5.74) is 1.20. The molecule has 0 radical (unpaired) electrons. The van der Waals surface area contributed by atoms with Crippen molar-refractivity contribution in [2.45, 2.75) is 13.0 Å². The minimum atomic E-state index is 0.291. The minimum absolute atomic E-state index is 0.291. The van der Waals surface area contributed by atoms with Crippen molar-refractivity contribution >= 4 is 15.9 Å². The highest BCUT2D eigenvalue weighted by Crippen LogP contribution is 2.30. The second-order valence-electron chi connectivity index (χ2n) is 4.47. The maximum Gasteiger partial charge on any atom is 0.128 e. The van der Waals surface area contributed by atoms with Crippen molar-refractivity contribution < 1.29 is 9.47 Å². The molecule has 2 aromatic carbocycles. The fourth-order valence-corrected chi connectivity index (χ4v) is 2.56. The second-order valence-corrected chi connectivity index (χ2v) is 5.33. The summed E-state index contributed by atoms with van der Waals surface area (Å²) >= 11 is 3.58. The van der Waals surface area contributed by atoms with Gasteiger partial charge in [0.1, 0.15) is 17.2 Å². The van der Waals surface area contributed by atoms with Crippen LogP contribution in [0.4, 0.5) is 0 Å². The monoisotopic (exact) mass is 335 g/mol. The quantitative estimate of drug-likeness (QED) is 0.870. The summed E-state index contributed by atoms with van der Waals surface area (Å²) < 4.78 is 12.0. The van der Waals surface area contributed by atoms with Gasteiger partial charge in [0.15, 0.2) is 0 Å². The molecule has 0 spiro atoms. The Bertz CT molecular complexity index is 569. The highest BCUT2D eigenvalue weighted by molar-refractivity contribution is 9.10. The lowest BCUT2D eigenvalue weighted by molar-refractivity contribution is 0.413. The second kappa shape index (κ2) is 6.77. The van der Waals surface area contributed by atoms with Gasteiger partial charge in [-0.25, -0.2) is 0 Å². The zero-order valence-electron chi connectivity index (χ0n) is 11.8. The summed E-state index contributed by atoms with van der Waals surface area (Å²) in [4.78, 5) is 0. The number of methoxy groups -OCH3 is 1. The molecule has 0 aromatic heterocycles. The van der Waals surface area contributed by atoms with Gasteiger partial charge < -0.3 is 14.8 Å². The van der Waals surface area contributed by atoms with E-state index in [0.717, 1.165) is 21.7 Å². The van der Waals surface area contributed by atoms with E-state index in [2.05, 4.69) is 34.2 Å². The van der Waals surface area contributed by atoms with Crippen molar-refractivity contribution in [2.75, 3.05) is 14.2 Å². The molecular formula is C16H18BrNO2. The summed E-state index contributed by atoms with van der Waals surface area (Å²) in [6, 6.07) is 13.8. The number of ether oxygens (including phenoxy) is 2. The SMILES string of the molecule is CNC(C)c1ccc(Oc2ccc(OC)cc2)cc1Br. The first kappa shape index (κ1) is 14.9. The topological polar surface area (TPSA) is 30.5 Å². The van der Waals surface area contributed by atoms with E-state index in [1.807, 2.05) is 43.4 Å². The minimum Gasteiger partial charge on any atom is -0.497 e. The molecule has 0 saturated carbocycles. The lowest BCUT2D eigenvalue weighted by Gasteiger charge is -2.14. The van der Waals surface area contributed by atoms with E-state index in [0.29, 0.717) is 6.04 Å². The fourth-order valence-electron chi connectivity index (χ4n) is 1.86. The van der Waals surface area contributed by atoms with Gasteiger partial charge in [-0.1, -0.05) is 22.0 Å². The van der Waals surface area contributed by atoms with Crippen LogP contribution < -0.4 is 14.8 Å². The number of nitrogens with one attached hydrogen (secondary N) is 1. The fraction of sp³-hybridized carbons (Fsp3) is 0.250. The van der Waals surface area contributed by atoms with Crippen LogP contribution in [0.3, 0.4) is 0 Å². The molecule has 0 aliphatic heterocycles. The number of rotatable bonds is 5. The third-order valence-corrected chi connectivity index (χ3v) is 3.85. The molecule has 2 rings (SSSR count). The van der Waals surface area contributed by atoms with E-state index in [1.165, 1.54) is 5.56 Å². The molecule has 0 saturated heterocycles. The molecule has 20 heavy (non-hydrogen) atoms. The summed E-state index contributed by atoms with van der Waals surface area (Å²) in [5.74, 6) is 2.40. The Balaban J connectivity index is 2.15. The zero-order valence-corrected chi connectivity index (χ0v) is 13.4. The average molecular weight is 336 g/mol. The molecular weight excluding hydrogens is 318 g/mol. The molecule has 0 bridgehead atoms. The van der Waals surface area contributed by atoms with Crippen molar-refractivity contribution in [1.82, 2.24) is 5.32 Å². The maximum atomic E-state index is 5.82. The van der Waals surface area contributed by atoms with Crippen LogP contribution in [-0.4, -0.2) is 14.2 Å². The van der Waals surface area contributed by atoms with Gasteiger partial charge in [-0.2, -0.15) is 0 Å². The van der Waals surface area contributed by atoms with Gasteiger partial charge in [-0.15, -0.1) is 0 Å².